The third kappa shape index (κ3) is 3.03. The van der Waals surface area contributed by atoms with E-state index in [1.807, 2.05) is 5.92 Å². The molecule has 0 saturated heterocycles. The summed E-state index contributed by atoms with van der Waals surface area (Å²) in [5.41, 5.74) is 0. The van der Waals surface area contributed by atoms with Crippen molar-refractivity contribution in [3.8, 4) is 12.3 Å². The van der Waals surface area contributed by atoms with E-state index in [9.17, 15) is 9.90 Å². The third-order valence-electron chi connectivity index (χ3n) is 0.246. The summed E-state index contributed by atoms with van der Waals surface area (Å²) in [5.74, 6) is 0.708. The van der Waals surface area contributed by atoms with Crippen molar-refractivity contribution in [2.24, 2.45) is 0 Å². The van der Waals surface area contributed by atoms with Gasteiger partial charge in [0.1, 0.15) is 6.42 Å². The fourth-order valence-corrected chi connectivity index (χ4v) is 0.0833. The Kier molecular flexibility index (Phi) is 1.91. The Balaban J connectivity index is 3.13. The van der Waals surface area contributed by atoms with Crippen molar-refractivity contribution in [2.75, 3.05) is 0 Å². The van der Waals surface area contributed by atoms with Crippen LogP contribution in [0.3, 0.4) is 0 Å². The number of hydrogen-bond donors (Lipinski definition) is 0. The minimum atomic E-state index is -1.20. The number of carbonyl (C=O) groups excluding carboxylic acids is 1. The van der Waals surface area contributed by atoms with E-state index in [0.29, 0.717) is 0 Å². The van der Waals surface area contributed by atoms with Gasteiger partial charge < -0.3 is 0 Å². The molecule has 0 amide bonds. The molecular formula is C4H3O2. The zero-order chi connectivity index (χ0) is 4.99. The Labute approximate surface area is 35.8 Å². The molecule has 0 spiro atoms. The monoisotopic (exact) mass is 83.0 g/mol. The summed E-state index contributed by atoms with van der Waals surface area (Å²) in [6.45, 7) is 0. The molecule has 0 heterocycles. The molecule has 0 saturated carbocycles. The van der Waals surface area contributed by atoms with Crippen LogP contribution >= 0.6 is 0 Å². The summed E-state index contributed by atoms with van der Waals surface area (Å²) in [6, 6.07) is 0. The maximum absolute atomic E-state index is 9.35. The van der Waals surface area contributed by atoms with Gasteiger partial charge in [-0.3, -0.25) is 0 Å². The summed E-state index contributed by atoms with van der Waals surface area (Å²) in [5, 5.41) is 9.35. The lowest BCUT2D eigenvalue weighted by Crippen LogP contribution is -1.86. The standard InChI is InChI=1S/C4H3O2/c1-2-3-4(5)6/h1H,3H2. The van der Waals surface area contributed by atoms with Crippen LogP contribution < -0.4 is 0 Å². The van der Waals surface area contributed by atoms with Crippen molar-refractivity contribution in [3.05, 3.63) is 0 Å². The van der Waals surface area contributed by atoms with E-state index < -0.39 is 5.97 Å². The van der Waals surface area contributed by atoms with E-state index in [1.54, 1.807) is 0 Å². The summed E-state index contributed by atoms with van der Waals surface area (Å²) < 4.78 is 0. The molecule has 6 heavy (non-hydrogen) atoms. The van der Waals surface area contributed by atoms with Crippen LogP contribution in [0.5, 0.6) is 0 Å². The summed E-state index contributed by atoms with van der Waals surface area (Å²) >= 11 is 0. The average molecular weight is 83.1 g/mol. The first kappa shape index (κ1) is 5.03. The maximum Gasteiger partial charge on any atom is 0.367 e. The van der Waals surface area contributed by atoms with Gasteiger partial charge in [0.15, 0.2) is 0 Å². The van der Waals surface area contributed by atoms with Crippen LogP contribution in [0, 0.1) is 12.3 Å². The van der Waals surface area contributed by atoms with E-state index >= 15 is 0 Å². The predicted octanol–water partition coefficient (Wildman–Crippen LogP) is -0.0332. The molecule has 0 aromatic heterocycles. The minimum Gasteiger partial charge on any atom is -0.246 e. The van der Waals surface area contributed by atoms with Gasteiger partial charge in [0.25, 0.3) is 0 Å². The lowest BCUT2D eigenvalue weighted by Gasteiger charge is -1.66. The van der Waals surface area contributed by atoms with E-state index in [0.717, 1.165) is 0 Å². The van der Waals surface area contributed by atoms with Gasteiger partial charge in [0, 0.05) is 0 Å². The van der Waals surface area contributed by atoms with Crippen LogP contribution in [-0.4, -0.2) is 5.97 Å². The SMILES string of the molecule is C#CCC([O])=O. The fourth-order valence-electron chi connectivity index (χ4n) is 0.0833. The van der Waals surface area contributed by atoms with E-state index in [4.69, 9.17) is 0 Å². The molecule has 2 heteroatoms. The number of terminal acetylenes is 1. The van der Waals surface area contributed by atoms with Crippen molar-refractivity contribution in [1.82, 2.24) is 0 Å². The second kappa shape index (κ2) is 2.28. The van der Waals surface area contributed by atoms with Gasteiger partial charge in [-0.2, -0.15) is 0 Å². The highest BCUT2D eigenvalue weighted by Crippen LogP contribution is 1.69. The minimum absolute atomic E-state index is 0.292. The first-order chi connectivity index (χ1) is 2.77. The molecule has 31 valence electrons. The Morgan fingerprint density at radius 3 is 2.33 bits per heavy atom. The van der Waals surface area contributed by atoms with Crippen molar-refractivity contribution < 1.29 is 9.90 Å². The molecule has 0 aliphatic rings. The summed E-state index contributed by atoms with van der Waals surface area (Å²) in [6.07, 6.45) is 4.27. The number of rotatable bonds is 1. The molecule has 0 aromatic rings. The van der Waals surface area contributed by atoms with E-state index in [2.05, 4.69) is 6.42 Å². The molecule has 0 rings (SSSR count). The highest BCUT2D eigenvalue weighted by Gasteiger charge is 1.89. The van der Waals surface area contributed by atoms with Crippen molar-refractivity contribution in [3.63, 3.8) is 0 Å². The largest absolute Gasteiger partial charge is 0.367 e. The molecule has 0 unspecified atom stereocenters. The molecule has 0 aliphatic carbocycles. The van der Waals surface area contributed by atoms with Gasteiger partial charge in [-0.1, -0.05) is 5.92 Å². The topological polar surface area (TPSA) is 37.0 Å². The van der Waals surface area contributed by atoms with E-state index in [-0.39, 0.29) is 6.42 Å². The van der Waals surface area contributed by atoms with Crippen LogP contribution in [0.1, 0.15) is 6.42 Å². The first-order valence-electron chi connectivity index (χ1n) is 1.40. The maximum atomic E-state index is 9.35. The van der Waals surface area contributed by atoms with Gasteiger partial charge in [0.05, 0.1) is 0 Å². The first-order valence-corrected chi connectivity index (χ1v) is 1.40. The Morgan fingerprint density at radius 2 is 2.33 bits per heavy atom. The van der Waals surface area contributed by atoms with Crippen LogP contribution in [0.4, 0.5) is 0 Å². The summed E-state index contributed by atoms with van der Waals surface area (Å²) in [7, 11) is 0. The van der Waals surface area contributed by atoms with Gasteiger partial charge in [-0.15, -0.1) is 6.42 Å². The van der Waals surface area contributed by atoms with Crippen LogP contribution in [0.25, 0.3) is 0 Å². The Hall–Kier alpha value is -0.970. The second-order valence-electron chi connectivity index (χ2n) is 0.753. The second-order valence-corrected chi connectivity index (χ2v) is 0.753. The number of hydrogen-bond acceptors (Lipinski definition) is 1. The lowest BCUT2D eigenvalue weighted by molar-refractivity contribution is -0.141. The Morgan fingerprint density at radius 1 is 1.83 bits per heavy atom. The summed E-state index contributed by atoms with van der Waals surface area (Å²) in [4.78, 5) is 9.35. The molecule has 0 fully saturated rings. The van der Waals surface area contributed by atoms with Gasteiger partial charge in [-0.25, -0.2) is 9.90 Å². The average Bonchev–Trinajstić information content (AvgIpc) is 1.35. The fraction of sp³-hybridized carbons (Fsp3) is 0.250. The van der Waals surface area contributed by atoms with Gasteiger partial charge in [0.2, 0.25) is 0 Å². The van der Waals surface area contributed by atoms with Gasteiger partial charge >= 0.3 is 5.97 Å². The molecule has 2 nitrogen and oxygen atoms in total. The van der Waals surface area contributed by atoms with Crippen LogP contribution in [0.15, 0.2) is 0 Å². The smallest absolute Gasteiger partial charge is 0.246 e. The predicted molar refractivity (Wildman–Crippen MR) is 19.1 cm³/mol. The number of carbonyl (C=O) groups is 1. The van der Waals surface area contributed by atoms with E-state index in [1.165, 1.54) is 0 Å². The molecule has 0 aromatic carbocycles. The highest BCUT2D eigenvalue weighted by atomic mass is 16.4. The molecule has 0 N–H and O–H groups in total. The lowest BCUT2D eigenvalue weighted by atomic mass is 10.5. The molecule has 1 radical (unpaired) electrons. The van der Waals surface area contributed by atoms with Crippen LogP contribution in [-0.2, 0) is 9.90 Å². The molecular weight excluding hydrogens is 80.0 g/mol. The quantitative estimate of drug-likeness (QED) is 0.410. The van der Waals surface area contributed by atoms with Crippen LogP contribution in [0.2, 0.25) is 0 Å². The molecule has 0 aliphatic heterocycles. The molecule has 0 atom stereocenters. The normalized spacial score (nSPS) is 6.50. The van der Waals surface area contributed by atoms with Crippen molar-refractivity contribution in [2.45, 2.75) is 6.42 Å². The zero-order valence-corrected chi connectivity index (χ0v) is 3.10. The van der Waals surface area contributed by atoms with Crippen molar-refractivity contribution >= 4 is 5.97 Å². The molecule has 0 bridgehead atoms. The highest BCUT2D eigenvalue weighted by molar-refractivity contribution is 5.69. The Bertz CT molecular complexity index is 88.2. The van der Waals surface area contributed by atoms with Gasteiger partial charge in [-0.05, 0) is 0 Å². The zero-order valence-electron chi connectivity index (χ0n) is 3.10. The third-order valence-corrected chi connectivity index (χ3v) is 0.246. The van der Waals surface area contributed by atoms with Crippen molar-refractivity contribution in [1.29, 1.82) is 0 Å².